The molecule has 0 amide bonds. The highest BCUT2D eigenvalue weighted by atomic mass is 28.1. The van der Waals surface area contributed by atoms with Crippen molar-refractivity contribution in [2.45, 2.75) is 53.4 Å². The molecule has 0 aliphatic carbocycles. The summed E-state index contributed by atoms with van der Waals surface area (Å²) in [5.41, 5.74) is 1.66. The molecule has 0 heterocycles. The molecule has 0 rings (SSSR count). The van der Waals surface area contributed by atoms with E-state index in [0.717, 1.165) is 0 Å². The Morgan fingerprint density at radius 2 is 1.43 bits per heavy atom. The zero-order chi connectivity index (χ0) is 11.0. The van der Waals surface area contributed by atoms with Crippen molar-refractivity contribution in [1.29, 1.82) is 0 Å². The molecular weight excluding hydrogens is 186 g/mol. The smallest absolute Gasteiger partial charge is 0.0355 e. The highest BCUT2D eigenvalue weighted by molar-refractivity contribution is 6.21. The van der Waals surface area contributed by atoms with Crippen molar-refractivity contribution in [3.63, 3.8) is 0 Å². The summed E-state index contributed by atoms with van der Waals surface area (Å²) in [6, 6.07) is 0. The Bertz CT molecular complexity index is 171. The molecule has 0 spiro atoms. The zero-order valence-electron chi connectivity index (χ0n) is 10.7. The molecule has 0 atom stereocenters. The van der Waals surface area contributed by atoms with Gasteiger partial charge in [0.1, 0.15) is 0 Å². The second kappa shape index (κ2) is 8.10. The van der Waals surface area contributed by atoms with Crippen LogP contribution in [-0.2, 0) is 0 Å². The lowest BCUT2D eigenvalue weighted by molar-refractivity contribution is 0.363. The van der Waals surface area contributed by atoms with Gasteiger partial charge < -0.3 is 4.90 Å². The highest BCUT2D eigenvalue weighted by Crippen LogP contribution is 2.17. The number of allylic oxidation sites excluding steroid dienone is 2. The first-order chi connectivity index (χ1) is 6.71. The first-order valence-electron chi connectivity index (χ1n) is 6.14. The van der Waals surface area contributed by atoms with Crippen LogP contribution in [0.25, 0.3) is 0 Å². The molecule has 0 saturated heterocycles. The van der Waals surface area contributed by atoms with Crippen LogP contribution in [0.3, 0.4) is 0 Å². The molecule has 2 heteroatoms. The first-order valence-corrected chi connectivity index (χ1v) is 7.14. The van der Waals surface area contributed by atoms with E-state index < -0.39 is 0 Å². The molecule has 0 N–H and O–H groups in total. The predicted octanol–water partition coefficient (Wildman–Crippen LogP) is 2.51. The van der Waals surface area contributed by atoms with E-state index in [1.54, 1.807) is 10.9 Å². The Hall–Kier alpha value is -0.243. The van der Waals surface area contributed by atoms with Crippen molar-refractivity contribution in [1.82, 2.24) is 4.90 Å². The van der Waals surface area contributed by atoms with E-state index in [0.29, 0.717) is 0 Å². The molecule has 0 saturated carbocycles. The van der Waals surface area contributed by atoms with Gasteiger partial charge in [-0.3, -0.25) is 0 Å². The van der Waals surface area contributed by atoms with Gasteiger partial charge in [-0.15, -0.1) is 0 Å². The number of hydrogen-bond donors (Lipinski definition) is 0. The molecule has 1 nitrogen and oxygen atoms in total. The summed E-state index contributed by atoms with van der Waals surface area (Å²) < 4.78 is 0. The third-order valence-corrected chi connectivity index (χ3v) is 3.83. The lowest BCUT2D eigenvalue weighted by Gasteiger charge is -2.27. The van der Waals surface area contributed by atoms with Gasteiger partial charge in [0.05, 0.1) is 0 Å². The second-order valence-corrected chi connectivity index (χ2v) is 5.11. The van der Waals surface area contributed by atoms with Crippen LogP contribution in [0, 0.1) is 0 Å². The fourth-order valence-electron chi connectivity index (χ4n) is 2.00. The fourth-order valence-corrected chi connectivity index (χ4v) is 3.07. The van der Waals surface area contributed by atoms with E-state index in [4.69, 9.17) is 0 Å². The maximum absolute atomic E-state index is 2.54. The molecule has 0 bridgehead atoms. The predicted molar refractivity (Wildman–Crippen MR) is 69.7 cm³/mol. The first kappa shape index (κ1) is 13.8. The molecule has 0 aliphatic rings. The minimum absolute atomic E-state index is 1.17. The molecule has 0 aliphatic heterocycles. The van der Waals surface area contributed by atoms with Crippen molar-refractivity contribution in [3.05, 3.63) is 10.9 Å². The Kier molecular flexibility index (Phi) is 7.96. The van der Waals surface area contributed by atoms with Gasteiger partial charge in [-0.1, -0.05) is 31.9 Å². The van der Waals surface area contributed by atoms with Gasteiger partial charge in [0.25, 0.3) is 0 Å². The topological polar surface area (TPSA) is 3.24 Å². The van der Waals surface area contributed by atoms with Crippen LogP contribution in [-0.4, -0.2) is 28.2 Å². The van der Waals surface area contributed by atoms with Crippen molar-refractivity contribution in [2.24, 2.45) is 0 Å². The van der Waals surface area contributed by atoms with Crippen molar-refractivity contribution < 1.29 is 0 Å². The molecule has 14 heavy (non-hydrogen) atoms. The summed E-state index contributed by atoms with van der Waals surface area (Å²) in [4.78, 5) is 2.54. The molecule has 84 valence electrons. The average Bonchev–Trinajstić information content (AvgIpc) is 2.18. The number of rotatable bonds is 7. The maximum atomic E-state index is 2.54. The largest absolute Gasteiger partial charge is 0.376 e. The van der Waals surface area contributed by atoms with Crippen molar-refractivity contribution in [2.75, 3.05) is 13.1 Å². The summed E-state index contributed by atoms with van der Waals surface area (Å²) in [5, 5.41) is 1.73. The molecule has 0 aromatic carbocycles. The number of nitrogens with zero attached hydrogens (tertiary/aromatic N) is 1. The molecule has 0 fully saturated rings. The standard InChI is InChI=1S/C12H27NSi/c1-5-9-11(12(14)10-6-2)13(7-3)8-4/h5-10H2,1-4,14H3. The van der Waals surface area contributed by atoms with E-state index in [1.807, 2.05) is 0 Å². The minimum atomic E-state index is 1.17. The maximum Gasteiger partial charge on any atom is 0.0355 e. The van der Waals surface area contributed by atoms with Gasteiger partial charge >= 0.3 is 0 Å². The van der Waals surface area contributed by atoms with Gasteiger partial charge in [-0.25, -0.2) is 0 Å². The van der Waals surface area contributed by atoms with Crippen molar-refractivity contribution >= 4 is 10.2 Å². The van der Waals surface area contributed by atoms with Gasteiger partial charge in [0, 0.05) is 29.0 Å². The van der Waals surface area contributed by atoms with Crippen LogP contribution in [0.2, 0.25) is 0 Å². The fraction of sp³-hybridized carbons (Fsp3) is 0.833. The monoisotopic (exact) mass is 213 g/mol. The molecule has 0 radical (unpaired) electrons. The number of hydrogen-bond acceptors (Lipinski definition) is 1. The molecule has 0 aromatic rings. The van der Waals surface area contributed by atoms with Crippen LogP contribution in [0.1, 0.15) is 53.4 Å². The summed E-state index contributed by atoms with van der Waals surface area (Å²) in [7, 11) is 1.24. The lowest BCUT2D eigenvalue weighted by Crippen LogP contribution is -2.23. The van der Waals surface area contributed by atoms with Gasteiger partial charge in [0.2, 0.25) is 0 Å². The van der Waals surface area contributed by atoms with Gasteiger partial charge in [0.15, 0.2) is 0 Å². The SMILES string of the molecule is CCCC([SiH3])=C(CCC)N(CC)CC. The van der Waals surface area contributed by atoms with Crippen LogP contribution >= 0.6 is 0 Å². The molecule has 0 aromatic heterocycles. The Balaban J connectivity index is 4.61. The van der Waals surface area contributed by atoms with E-state index in [1.165, 1.54) is 49.0 Å². The average molecular weight is 213 g/mol. The van der Waals surface area contributed by atoms with Crippen LogP contribution in [0.5, 0.6) is 0 Å². The Morgan fingerprint density at radius 3 is 1.79 bits per heavy atom. The zero-order valence-corrected chi connectivity index (χ0v) is 12.7. The van der Waals surface area contributed by atoms with E-state index in [2.05, 4.69) is 32.6 Å². The Morgan fingerprint density at radius 1 is 0.929 bits per heavy atom. The van der Waals surface area contributed by atoms with Crippen LogP contribution in [0.15, 0.2) is 10.9 Å². The third kappa shape index (κ3) is 4.31. The molecular formula is C12H27NSi. The summed E-state index contributed by atoms with van der Waals surface area (Å²) in [6.07, 6.45) is 5.17. The van der Waals surface area contributed by atoms with Crippen LogP contribution < -0.4 is 0 Å². The second-order valence-electron chi connectivity index (χ2n) is 3.90. The highest BCUT2D eigenvalue weighted by Gasteiger charge is 2.07. The quantitative estimate of drug-likeness (QED) is 0.587. The third-order valence-electron chi connectivity index (χ3n) is 2.75. The summed E-state index contributed by atoms with van der Waals surface area (Å²) in [5.74, 6) is 0. The summed E-state index contributed by atoms with van der Waals surface area (Å²) in [6.45, 7) is 11.4. The van der Waals surface area contributed by atoms with E-state index >= 15 is 0 Å². The lowest BCUT2D eigenvalue weighted by atomic mass is 10.1. The van der Waals surface area contributed by atoms with Crippen LogP contribution in [0.4, 0.5) is 0 Å². The van der Waals surface area contributed by atoms with Crippen molar-refractivity contribution in [3.8, 4) is 0 Å². The minimum Gasteiger partial charge on any atom is -0.376 e. The molecule has 0 unspecified atom stereocenters. The van der Waals surface area contributed by atoms with Gasteiger partial charge in [-0.2, -0.15) is 0 Å². The Labute approximate surface area is 93.0 Å². The van der Waals surface area contributed by atoms with E-state index in [9.17, 15) is 0 Å². The summed E-state index contributed by atoms with van der Waals surface area (Å²) >= 11 is 0. The van der Waals surface area contributed by atoms with Gasteiger partial charge in [-0.05, 0) is 26.7 Å². The normalized spacial score (nSPS) is 12.9. The van der Waals surface area contributed by atoms with E-state index in [-0.39, 0.29) is 0 Å².